The van der Waals surface area contributed by atoms with Crippen molar-refractivity contribution in [1.29, 1.82) is 5.26 Å². The first-order chi connectivity index (χ1) is 7.77. The van der Waals surface area contributed by atoms with Crippen LogP contribution >= 0.6 is 0 Å². The third-order valence-corrected chi connectivity index (χ3v) is 2.43. The maximum atomic E-state index is 8.85. The highest BCUT2D eigenvalue weighted by atomic mass is 16.2. The molecule has 0 radical (unpaired) electrons. The first-order valence-electron chi connectivity index (χ1n) is 5.46. The van der Waals surface area contributed by atoms with E-state index in [1.807, 2.05) is 12.1 Å². The summed E-state index contributed by atoms with van der Waals surface area (Å²) in [5.74, 6) is 0. The van der Waals surface area contributed by atoms with Gasteiger partial charge >= 0.3 is 0 Å². The second kappa shape index (κ2) is 6.94. The Labute approximate surface area is 95.9 Å². The summed E-state index contributed by atoms with van der Waals surface area (Å²) in [7, 11) is 0. The van der Waals surface area contributed by atoms with Crippen LogP contribution in [-0.4, -0.2) is 22.7 Å². The van der Waals surface area contributed by atoms with E-state index in [1.165, 1.54) is 0 Å². The van der Waals surface area contributed by atoms with Gasteiger partial charge in [-0.25, -0.2) is 4.98 Å². The van der Waals surface area contributed by atoms with Crippen LogP contribution in [0.15, 0.2) is 18.3 Å². The fourth-order valence-electron chi connectivity index (χ4n) is 1.47. The molecule has 4 nitrogen and oxygen atoms in total. The van der Waals surface area contributed by atoms with Crippen molar-refractivity contribution in [2.45, 2.75) is 32.4 Å². The molecule has 1 aromatic rings. The molecule has 86 valence electrons. The van der Waals surface area contributed by atoms with Crippen molar-refractivity contribution >= 4 is 0 Å². The van der Waals surface area contributed by atoms with Gasteiger partial charge in [0.25, 0.3) is 0 Å². The lowest BCUT2D eigenvalue weighted by Crippen LogP contribution is -2.26. The number of nitriles is 1. The second-order valence-electron chi connectivity index (χ2n) is 3.77. The molecule has 0 fully saturated rings. The molecule has 0 bridgehead atoms. The molecule has 0 aliphatic rings. The topological polar surface area (TPSA) is 68.9 Å². The van der Waals surface area contributed by atoms with Gasteiger partial charge < -0.3 is 10.4 Å². The van der Waals surface area contributed by atoms with Crippen molar-refractivity contribution in [3.8, 4) is 6.07 Å². The van der Waals surface area contributed by atoms with Crippen LogP contribution in [0.5, 0.6) is 0 Å². The van der Waals surface area contributed by atoms with Gasteiger partial charge in [-0.1, -0.05) is 6.07 Å². The van der Waals surface area contributed by atoms with E-state index in [0.717, 1.165) is 18.4 Å². The van der Waals surface area contributed by atoms with E-state index in [4.69, 9.17) is 10.4 Å². The molecule has 2 N–H and O–H groups in total. The van der Waals surface area contributed by atoms with E-state index in [9.17, 15) is 0 Å². The summed E-state index contributed by atoms with van der Waals surface area (Å²) in [6.45, 7) is 2.93. The average molecular weight is 219 g/mol. The molecule has 1 unspecified atom stereocenters. The molecule has 4 heteroatoms. The number of hydrogen-bond acceptors (Lipinski definition) is 4. The second-order valence-corrected chi connectivity index (χ2v) is 3.77. The lowest BCUT2D eigenvalue weighted by molar-refractivity contribution is 0.276. The highest BCUT2D eigenvalue weighted by molar-refractivity contribution is 5.30. The van der Waals surface area contributed by atoms with Crippen LogP contribution in [0.1, 0.15) is 31.0 Å². The minimum Gasteiger partial charge on any atom is -0.396 e. The predicted molar refractivity (Wildman–Crippen MR) is 61.6 cm³/mol. The van der Waals surface area contributed by atoms with Crippen molar-refractivity contribution in [2.24, 2.45) is 0 Å². The zero-order chi connectivity index (χ0) is 11.8. The Morgan fingerprint density at radius 3 is 3.12 bits per heavy atom. The number of aliphatic hydroxyl groups is 1. The molecular formula is C12H17N3O. The van der Waals surface area contributed by atoms with Crippen LogP contribution in [0.3, 0.4) is 0 Å². The molecule has 0 aliphatic heterocycles. The summed E-state index contributed by atoms with van der Waals surface area (Å²) in [6.07, 6.45) is 3.35. The smallest absolute Gasteiger partial charge is 0.144 e. The Morgan fingerprint density at radius 1 is 1.62 bits per heavy atom. The third kappa shape index (κ3) is 3.97. The molecule has 1 rings (SSSR count). The van der Waals surface area contributed by atoms with Crippen LogP contribution in [0, 0.1) is 11.3 Å². The summed E-state index contributed by atoms with van der Waals surface area (Å²) in [4.78, 5) is 4.00. The van der Waals surface area contributed by atoms with Crippen molar-refractivity contribution in [2.75, 3.05) is 6.61 Å². The van der Waals surface area contributed by atoms with E-state index in [-0.39, 0.29) is 6.61 Å². The zero-order valence-corrected chi connectivity index (χ0v) is 9.48. The SMILES string of the molecule is CC(CCCO)NCc1cccnc1C#N. The fourth-order valence-corrected chi connectivity index (χ4v) is 1.47. The van der Waals surface area contributed by atoms with E-state index in [0.29, 0.717) is 18.3 Å². The van der Waals surface area contributed by atoms with Crippen molar-refractivity contribution in [1.82, 2.24) is 10.3 Å². The van der Waals surface area contributed by atoms with Crippen molar-refractivity contribution in [3.05, 3.63) is 29.6 Å². The average Bonchev–Trinajstić information content (AvgIpc) is 2.34. The molecule has 1 atom stereocenters. The van der Waals surface area contributed by atoms with E-state index in [1.54, 1.807) is 6.20 Å². The van der Waals surface area contributed by atoms with Crippen molar-refractivity contribution in [3.63, 3.8) is 0 Å². The monoisotopic (exact) mass is 219 g/mol. The summed E-state index contributed by atoms with van der Waals surface area (Å²) < 4.78 is 0. The first kappa shape index (κ1) is 12.6. The van der Waals surface area contributed by atoms with E-state index < -0.39 is 0 Å². The number of nitrogens with one attached hydrogen (secondary N) is 1. The first-order valence-corrected chi connectivity index (χ1v) is 5.46. The predicted octanol–water partition coefficient (Wildman–Crippen LogP) is 1.20. The number of rotatable bonds is 6. The number of nitrogens with zero attached hydrogens (tertiary/aromatic N) is 2. The largest absolute Gasteiger partial charge is 0.396 e. The quantitative estimate of drug-likeness (QED) is 0.754. The zero-order valence-electron chi connectivity index (χ0n) is 9.48. The lowest BCUT2D eigenvalue weighted by Gasteiger charge is -2.13. The van der Waals surface area contributed by atoms with Crippen LogP contribution in [0.25, 0.3) is 0 Å². The number of aromatic nitrogens is 1. The molecule has 1 aromatic heterocycles. The molecule has 0 saturated carbocycles. The third-order valence-electron chi connectivity index (χ3n) is 2.43. The van der Waals surface area contributed by atoms with Crippen LogP contribution in [0.2, 0.25) is 0 Å². The van der Waals surface area contributed by atoms with E-state index >= 15 is 0 Å². The highest BCUT2D eigenvalue weighted by Gasteiger charge is 2.04. The van der Waals surface area contributed by atoms with Gasteiger partial charge in [0.15, 0.2) is 0 Å². The number of pyridine rings is 1. The van der Waals surface area contributed by atoms with Gasteiger partial charge in [0.05, 0.1) is 0 Å². The standard InChI is InChI=1S/C12H17N3O/c1-10(4-3-7-16)15-9-11-5-2-6-14-12(11)8-13/h2,5-6,10,15-16H,3-4,7,9H2,1H3. The minimum atomic E-state index is 0.225. The van der Waals surface area contributed by atoms with Gasteiger partial charge in [-0.05, 0) is 25.8 Å². The lowest BCUT2D eigenvalue weighted by atomic mass is 10.1. The van der Waals surface area contributed by atoms with E-state index in [2.05, 4.69) is 23.3 Å². The maximum Gasteiger partial charge on any atom is 0.144 e. The van der Waals surface area contributed by atoms with Crippen LogP contribution < -0.4 is 5.32 Å². The molecule has 0 aromatic carbocycles. The van der Waals surface area contributed by atoms with Gasteiger partial charge in [0.1, 0.15) is 11.8 Å². The summed E-state index contributed by atoms with van der Waals surface area (Å²) in [5.41, 5.74) is 1.39. The van der Waals surface area contributed by atoms with Gasteiger partial charge in [-0.3, -0.25) is 0 Å². The Morgan fingerprint density at radius 2 is 2.44 bits per heavy atom. The highest BCUT2D eigenvalue weighted by Crippen LogP contribution is 2.04. The molecular weight excluding hydrogens is 202 g/mol. The molecule has 0 spiro atoms. The molecule has 16 heavy (non-hydrogen) atoms. The fraction of sp³-hybridized carbons (Fsp3) is 0.500. The maximum absolute atomic E-state index is 8.85. The van der Waals surface area contributed by atoms with Gasteiger partial charge in [-0.15, -0.1) is 0 Å². The molecule has 0 amide bonds. The molecule has 0 aliphatic carbocycles. The van der Waals surface area contributed by atoms with Gasteiger partial charge in [-0.2, -0.15) is 5.26 Å². The molecule has 0 saturated heterocycles. The van der Waals surface area contributed by atoms with Crippen LogP contribution in [-0.2, 0) is 6.54 Å². The van der Waals surface area contributed by atoms with Gasteiger partial charge in [0, 0.05) is 31.0 Å². The summed E-state index contributed by atoms with van der Waals surface area (Å²) in [6, 6.07) is 6.13. The van der Waals surface area contributed by atoms with Crippen LogP contribution in [0.4, 0.5) is 0 Å². The Bertz CT molecular complexity index is 360. The van der Waals surface area contributed by atoms with Gasteiger partial charge in [0.2, 0.25) is 0 Å². The Balaban J connectivity index is 2.45. The normalized spacial score (nSPS) is 12.1. The molecule has 1 heterocycles. The number of hydrogen-bond donors (Lipinski definition) is 2. The number of aliphatic hydroxyl groups excluding tert-OH is 1. The summed E-state index contributed by atoms with van der Waals surface area (Å²) in [5, 5.41) is 20.9. The Hall–Kier alpha value is -1.44. The minimum absolute atomic E-state index is 0.225. The van der Waals surface area contributed by atoms with Crippen molar-refractivity contribution < 1.29 is 5.11 Å². The summed E-state index contributed by atoms with van der Waals surface area (Å²) >= 11 is 0. The Kier molecular flexibility index (Phi) is 5.48.